The Bertz CT molecular complexity index is 2250. The second kappa shape index (κ2) is 15.8. The van der Waals surface area contributed by atoms with Crippen molar-refractivity contribution in [2.24, 2.45) is 5.41 Å². The van der Waals surface area contributed by atoms with Gasteiger partial charge in [-0.25, -0.2) is 4.39 Å². The molecule has 7 aromatic rings. The predicted molar refractivity (Wildman–Crippen MR) is 216 cm³/mol. The quantitative estimate of drug-likeness (QED) is 0.123. The van der Waals surface area contributed by atoms with Gasteiger partial charge in [0.15, 0.2) is 0 Å². The van der Waals surface area contributed by atoms with E-state index in [1.54, 1.807) is 11.3 Å². The van der Waals surface area contributed by atoms with E-state index in [0.717, 1.165) is 40.1 Å². The first-order valence-electron chi connectivity index (χ1n) is 17.3. The third-order valence-corrected chi connectivity index (χ3v) is 12.0. The Morgan fingerprint density at radius 2 is 1.53 bits per heavy atom. The van der Waals surface area contributed by atoms with Crippen molar-refractivity contribution >= 4 is 44.8 Å². The molecule has 0 aliphatic rings. The summed E-state index contributed by atoms with van der Waals surface area (Å²) in [7, 11) is -1.34. The number of pyridine rings is 2. The van der Waals surface area contributed by atoms with Crippen LogP contribution in [0.4, 0.5) is 4.39 Å². The van der Waals surface area contributed by atoms with Crippen molar-refractivity contribution in [1.82, 2.24) is 9.97 Å². The monoisotopic (exact) mass is 885 g/mol. The normalized spacial score (nSPS) is 11.7. The van der Waals surface area contributed by atoms with Crippen LogP contribution in [-0.4, -0.2) is 18.0 Å². The minimum absolute atomic E-state index is 0. The van der Waals surface area contributed by atoms with Gasteiger partial charge in [0.25, 0.3) is 0 Å². The fraction of sp³-hybridized carbons (Fsp3) is 0.244. The van der Waals surface area contributed by atoms with Gasteiger partial charge in [0.1, 0.15) is 5.82 Å². The molecule has 0 N–H and O–H groups in total. The van der Waals surface area contributed by atoms with E-state index < -0.39 is 8.07 Å². The Labute approximate surface area is 321 Å². The van der Waals surface area contributed by atoms with Crippen molar-refractivity contribution in [3.05, 3.63) is 139 Å². The molecule has 0 aliphatic heterocycles. The van der Waals surface area contributed by atoms with Crippen LogP contribution in [-0.2, 0) is 26.5 Å². The molecule has 0 atom stereocenters. The summed E-state index contributed by atoms with van der Waals surface area (Å²) in [6.45, 7) is 18.4. The van der Waals surface area contributed by atoms with Crippen LogP contribution in [0, 0.1) is 23.4 Å². The molecule has 0 unspecified atom stereocenters. The maximum Gasteiger partial charge on any atom is 0.123 e. The molecule has 7 rings (SSSR count). The molecule has 0 fully saturated rings. The maximum absolute atomic E-state index is 13.3. The zero-order valence-corrected chi connectivity index (χ0v) is 34.9. The fourth-order valence-electron chi connectivity index (χ4n) is 6.36. The van der Waals surface area contributed by atoms with Gasteiger partial charge in [-0.15, -0.1) is 59.7 Å². The van der Waals surface area contributed by atoms with Gasteiger partial charge in [0.2, 0.25) is 0 Å². The minimum atomic E-state index is -1.34. The van der Waals surface area contributed by atoms with Gasteiger partial charge in [-0.1, -0.05) is 107 Å². The smallest absolute Gasteiger partial charge is 0.123 e. The van der Waals surface area contributed by atoms with Gasteiger partial charge < -0.3 is 9.97 Å². The van der Waals surface area contributed by atoms with E-state index in [1.807, 2.05) is 42.6 Å². The van der Waals surface area contributed by atoms with E-state index in [4.69, 9.17) is 0 Å². The largest absolute Gasteiger partial charge is 0.305 e. The van der Waals surface area contributed by atoms with Crippen LogP contribution in [0.2, 0.25) is 19.6 Å². The van der Waals surface area contributed by atoms with Gasteiger partial charge in [-0.05, 0) is 79.8 Å². The first-order chi connectivity index (χ1) is 23.8. The molecule has 0 spiro atoms. The number of fused-ring (bicyclic) bond motifs is 3. The Balaban J connectivity index is 0.000000218. The maximum atomic E-state index is 13.3. The minimum Gasteiger partial charge on any atom is -0.305 e. The van der Waals surface area contributed by atoms with Gasteiger partial charge >= 0.3 is 0 Å². The average molecular weight is 885 g/mol. The Morgan fingerprint density at radius 3 is 2.20 bits per heavy atom. The molecule has 51 heavy (non-hydrogen) atoms. The summed E-state index contributed by atoms with van der Waals surface area (Å²) < 4.78 is 15.7. The summed E-state index contributed by atoms with van der Waals surface area (Å²) in [6.07, 6.45) is 5.01. The molecule has 3 aromatic heterocycles. The zero-order valence-electron chi connectivity index (χ0n) is 30.7. The van der Waals surface area contributed by atoms with E-state index in [-0.39, 0.29) is 31.3 Å². The van der Waals surface area contributed by atoms with Crippen LogP contribution in [0.15, 0.2) is 109 Å². The molecule has 263 valence electrons. The Kier molecular flexibility index (Phi) is 11.9. The van der Waals surface area contributed by atoms with Gasteiger partial charge in [0, 0.05) is 37.2 Å². The van der Waals surface area contributed by atoms with E-state index in [9.17, 15) is 4.39 Å². The molecule has 6 heteroatoms. The zero-order chi connectivity index (χ0) is 35.6. The second-order valence-electron chi connectivity index (χ2n) is 15.5. The number of hydrogen-bond acceptors (Lipinski definition) is 3. The number of hydrogen-bond donors (Lipinski definition) is 0. The summed E-state index contributed by atoms with van der Waals surface area (Å²) in [6, 6.07) is 38.6. The van der Waals surface area contributed by atoms with Gasteiger partial charge in [0.05, 0.1) is 8.07 Å². The molecule has 3 heterocycles. The summed E-state index contributed by atoms with van der Waals surface area (Å²) in [4.78, 5) is 9.34. The summed E-state index contributed by atoms with van der Waals surface area (Å²) in [5.74, 6) is 0.320. The predicted octanol–water partition coefficient (Wildman–Crippen LogP) is 12.5. The van der Waals surface area contributed by atoms with E-state index in [0.29, 0.717) is 5.92 Å². The number of thiophene rings is 1. The van der Waals surface area contributed by atoms with E-state index in [1.165, 1.54) is 48.6 Å². The number of aromatic nitrogens is 2. The molecule has 0 amide bonds. The van der Waals surface area contributed by atoms with Gasteiger partial charge in [-0.2, -0.15) is 11.3 Å². The molecular weight excluding hydrogens is 840 g/mol. The molecular formula is C45H45FIrN2SSi-2. The summed E-state index contributed by atoms with van der Waals surface area (Å²) >= 11 is 1.77. The third-order valence-electron chi connectivity index (χ3n) is 8.78. The van der Waals surface area contributed by atoms with Crippen molar-refractivity contribution in [3.63, 3.8) is 0 Å². The standard InChI is InChI=1S/C28H23FNS.C17H22NSi.Ir/c1-28(2,3)17-18-13-14-30-25(15-18)24-6-4-5-23-22-12-9-20(16-26(22)31-27(23)24)19-7-10-21(29)11-8-19;1-13(2)15-11-16(14-9-7-6-8-10-14)18-12-17(15)19(3,4)5;/h4-5,7-16H,17H2,1-3H3;6-9,11-13H,1-5H3;/q2*-1;. The van der Waals surface area contributed by atoms with Crippen molar-refractivity contribution < 1.29 is 24.5 Å². The molecule has 0 bridgehead atoms. The molecule has 0 aliphatic carbocycles. The SMILES string of the molecule is CC(C)(C)Cc1ccnc(-c2[c-]ccc3c2sc2cc(-c4ccc(F)cc4)ccc23)c1.CC(C)c1cc(-c2[c-]cccc2)ncc1[Si](C)(C)C.[Ir]. The van der Waals surface area contributed by atoms with Crippen LogP contribution in [0.1, 0.15) is 51.7 Å². The molecule has 1 radical (unpaired) electrons. The fourth-order valence-corrected chi connectivity index (χ4v) is 9.29. The topological polar surface area (TPSA) is 25.8 Å². The number of rotatable bonds is 6. The van der Waals surface area contributed by atoms with Crippen molar-refractivity contribution in [3.8, 4) is 33.6 Å². The van der Waals surface area contributed by atoms with Crippen LogP contribution in [0.25, 0.3) is 53.8 Å². The Hall–Kier alpha value is -3.80. The van der Waals surface area contributed by atoms with Gasteiger partial charge in [-0.3, -0.25) is 0 Å². The van der Waals surface area contributed by atoms with Crippen molar-refractivity contribution in [1.29, 1.82) is 0 Å². The van der Waals surface area contributed by atoms with E-state index >= 15 is 0 Å². The average Bonchev–Trinajstić information content (AvgIpc) is 3.46. The third kappa shape index (κ3) is 9.17. The second-order valence-corrected chi connectivity index (χ2v) is 21.6. The number of benzene rings is 4. The van der Waals surface area contributed by atoms with Crippen molar-refractivity contribution in [2.75, 3.05) is 0 Å². The molecule has 0 saturated carbocycles. The summed E-state index contributed by atoms with van der Waals surface area (Å²) in [5, 5.41) is 3.93. The first kappa shape index (κ1) is 38.4. The number of nitrogens with zero attached hydrogens (tertiary/aromatic N) is 2. The van der Waals surface area contributed by atoms with E-state index in [2.05, 4.69) is 131 Å². The van der Waals surface area contributed by atoms with Crippen molar-refractivity contribution in [2.45, 2.75) is 66.6 Å². The van der Waals surface area contributed by atoms with Crippen LogP contribution in [0.5, 0.6) is 0 Å². The molecule has 0 saturated heterocycles. The van der Waals surface area contributed by atoms with Crippen LogP contribution >= 0.6 is 11.3 Å². The van der Waals surface area contributed by atoms with Crippen LogP contribution in [0.3, 0.4) is 0 Å². The van der Waals surface area contributed by atoms with Crippen LogP contribution < -0.4 is 5.19 Å². The first-order valence-corrected chi connectivity index (χ1v) is 21.6. The Morgan fingerprint density at radius 1 is 0.784 bits per heavy atom. The number of halogens is 1. The summed E-state index contributed by atoms with van der Waals surface area (Å²) in [5.41, 5.74) is 9.21. The molecule has 2 nitrogen and oxygen atoms in total. The molecule has 4 aromatic carbocycles.